The molecule has 0 N–H and O–H groups in total. The lowest BCUT2D eigenvalue weighted by Crippen LogP contribution is -2.15. The largest absolute Gasteiger partial charge is 0.295 e. The lowest BCUT2D eigenvalue weighted by Gasteiger charge is -2.23. The summed E-state index contributed by atoms with van der Waals surface area (Å²) in [5.74, 6) is 0.339. The molecule has 0 aromatic carbocycles. The Balaban J connectivity index is 2.07. The first-order valence-electron chi connectivity index (χ1n) is 6.27. The molecule has 0 heterocycles. The molecule has 3 aliphatic rings. The summed E-state index contributed by atoms with van der Waals surface area (Å²) in [6.07, 6.45) is 7.11. The molecule has 2 unspecified atom stereocenters. The van der Waals surface area contributed by atoms with E-state index in [0.717, 1.165) is 37.7 Å². The minimum Gasteiger partial charge on any atom is -0.295 e. The molecule has 0 aliphatic heterocycles. The molecule has 0 aromatic rings. The van der Waals surface area contributed by atoms with E-state index in [4.69, 9.17) is 0 Å². The van der Waals surface area contributed by atoms with Gasteiger partial charge >= 0.3 is 0 Å². The second kappa shape index (κ2) is 3.20. The number of allylic oxidation sites excluding steroid dienone is 2. The molecule has 2 atom stereocenters. The summed E-state index contributed by atoms with van der Waals surface area (Å²) in [7, 11) is 0. The molecule has 0 saturated heterocycles. The summed E-state index contributed by atoms with van der Waals surface area (Å²) in [6.45, 7) is 0. The Morgan fingerprint density at radius 3 is 2.59 bits per heavy atom. The van der Waals surface area contributed by atoms with Gasteiger partial charge in [0.15, 0.2) is 11.2 Å². The quantitative estimate of drug-likeness (QED) is 0.690. The van der Waals surface area contributed by atoms with Crippen LogP contribution < -0.4 is 0 Å². The van der Waals surface area contributed by atoms with Crippen LogP contribution in [0.15, 0.2) is 11.6 Å². The Morgan fingerprint density at radius 1 is 1.24 bits per heavy atom. The highest BCUT2D eigenvalue weighted by molar-refractivity contribution is 5.93. The second-order valence-corrected chi connectivity index (χ2v) is 5.44. The van der Waals surface area contributed by atoms with Gasteiger partial charge in [-0.05, 0) is 25.3 Å². The van der Waals surface area contributed by atoms with E-state index in [1.165, 1.54) is 0 Å². The van der Waals surface area contributed by atoms with Crippen LogP contribution in [0.2, 0.25) is 0 Å². The first kappa shape index (κ1) is 10.5. The molecular formula is C14H14N2O. The monoisotopic (exact) mass is 226 g/mol. The normalized spacial score (nSPS) is 37.6. The molecule has 86 valence electrons. The van der Waals surface area contributed by atoms with E-state index in [2.05, 4.69) is 12.1 Å². The van der Waals surface area contributed by atoms with Crippen molar-refractivity contribution in [3.63, 3.8) is 0 Å². The molecule has 0 aromatic heterocycles. The fourth-order valence-electron chi connectivity index (χ4n) is 4.17. The first-order chi connectivity index (χ1) is 8.21. The highest BCUT2D eigenvalue weighted by Crippen LogP contribution is 2.78. The molecule has 0 bridgehead atoms. The number of nitrogens with zero attached hydrogens (tertiary/aromatic N) is 2. The fraction of sp³-hybridized carbons (Fsp3) is 0.643. The lowest BCUT2D eigenvalue weighted by atomic mass is 9.79. The van der Waals surface area contributed by atoms with Crippen LogP contribution in [0.5, 0.6) is 0 Å². The van der Waals surface area contributed by atoms with E-state index in [-0.39, 0.29) is 17.1 Å². The number of nitriles is 2. The number of carbonyl (C=O) groups excluding carboxylic acids is 1. The van der Waals surface area contributed by atoms with Gasteiger partial charge in [-0.25, -0.2) is 0 Å². The van der Waals surface area contributed by atoms with Crippen LogP contribution in [0.25, 0.3) is 0 Å². The van der Waals surface area contributed by atoms with E-state index >= 15 is 0 Å². The highest BCUT2D eigenvalue weighted by atomic mass is 16.1. The summed E-state index contributed by atoms with van der Waals surface area (Å²) in [5, 5.41) is 18.8. The number of fused-ring (bicyclic) bond motifs is 1. The van der Waals surface area contributed by atoms with Crippen molar-refractivity contribution in [1.82, 2.24) is 0 Å². The van der Waals surface area contributed by atoms with E-state index in [9.17, 15) is 15.3 Å². The van der Waals surface area contributed by atoms with Crippen LogP contribution in [0.4, 0.5) is 0 Å². The Kier molecular flexibility index (Phi) is 1.98. The average Bonchev–Trinajstić information content (AvgIpc) is 2.73. The van der Waals surface area contributed by atoms with Gasteiger partial charge in [-0.1, -0.05) is 18.4 Å². The highest BCUT2D eigenvalue weighted by Gasteiger charge is 2.79. The summed E-state index contributed by atoms with van der Waals surface area (Å²) < 4.78 is 0. The van der Waals surface area contributed by atoms with Gasteiger partial charge in [-0.15, -0.1) is 0 Å². The predicted molar refractivity (Wildman–Crippen MR) is 60.4 cm³/mol. The standard InChI is InChI=1S/C14H14N2O/c15-8-13(9-16)12-3-1-2-6-14(12,13)10-4-5-11(17)7-10/h7,12H,1-6H2. The average molecular weight is 226 g/mol. The molecule has 17 heavy (non-hydrogen) atoms. The number of carbonyl (C=O) groups is 1. The van der Waals surface area contributed by atoms with Crippen molar-refractivity contribution in [2.75, 3.05) is 0 Å². The fourth-order valence-corrected chi connectivity index (χ4v) is 4.17. The zero-order chi connectivity index (χ0) is 12.1. The second-order valence-electron chi connectivity index (χ2n) is 5.44. The van der Waals surface area contributed by atoms with Crippen LogP contribution >= 0.6 is 0 Å². The van der Waals surface area contributed by atoms with Crippen LogP contribution in [-0.4, -0.2) is 5.78 Å². The van der Waals surface area contributed by atoms with E-state index in [1.54, 1.807) is 6.08 Å². The van der Waals surface area contributed by atoms with Crippen molar-refractivity contribution in [3.8, 4) is 12.1 Å². The van der Waals surface area contributed by atoms with Crippen molar-refractivity contribution < 1.29 is 4.79 Å². The van der Waals surface area contributed by atoms with Crippen LogP contribution in [0.3, 0.4) is 0 Å². The van der Waals surface area contributed by atoms with Gasteiger partial charge in [0.05, 0.1) is 12.1 Å². The van der Waals surface area contributed by atoms with E-state index in [1.807, 2.05) is 0 Å². The number of hydrogen-bond acceptors (Lipinski definition) is 3. The van der Waals surface area contributed by atoms with Gasteiger partial charge in [0.25, 0.3) is 0 Å². The smallest absolute Gasteiger partial charge is 0.157 e. The first-order valence-corrected chi connectivity index (χ1v) is 6.27. The van der Waals surface area contributed by atoms with Gasteiger partial charge in [0, 0.05) is 17.8 Å². The minimum absolute atomic E-state index is 0.162. The molecule has 2 fully saturated rings. The third kappa shape index (κ3) is 1.03. The summed E-state index contributed by atoms with van der Waals surface area (Å²) in [6, 6.07) is 4.53. The van der Waals surface area contributed by atoms with Gasteiger partial charge in [-0.2, -0.15) is 10.5 Å². The third-order valence-electron chi connectivity index (χ3n) is 4.95. The van der Waals surface area contributed by atoms with Crippen LogP contribution in [0, 0.1) is 39.4 Å². The molecule has 3 rings (SSSR count). The van der Waals surface area contributed by atoms with Crippen molar-refractivity contribution >= 4 is 5.78 Å². The minimum atomic E-state index is -0.833. The summed E-state index contributed by atoms with van der Waals surface area (Å²) in [5.41, 5.74) is -0.00350. The van der Waals surface area contributed by atoms with Gasteiger partial charge in [0.2, 0.25) is 0 Å². The van der Waals surface area contributed by atoms with E-state index < -0.39 is 5.41 Å². The Morgan fingerprint density at radius 2 is 2.00 bits per heavy atom. The van der Waals surface area contributed by atoms with Crippen molar-refractivity contribution in [1.29, 1.82) is 10.5 Å². The molecule has 3 aliphatic carbocycles. The van der Waals surface area contributed by atoms with Crippen molar-refractivity contribution in [2.24, 2.45) is 16.7 Å². The number of rotatable bonds is 1. The number of hydrogen-bond donors (Lipinski definition) is 0. The van der Waals surface area contributed by atoms with Gasteiger partial charge in [0.1, 0.15) is 0 Å². The molecule has 0 spiro atoms. The third-order valence-corrected chi connectivity index (χ3v) is 4.95. The molecular weight excluding hydrogens is 212 g/mol. The summed E-state index contributed by atoms with van der Waals surface area (Å²) >= 11 is 0. The zero-order valence-electron chi connectivity index (χ0n) is 9.70. The maximum absolute atomic E-state index is 11.4. The van der Waals surface area contributed by atoms with Crippen molar-refractivity contribution in [3.05, 3.63) is 11.6 Å². The molecule has 3 nitrogen and oxygen atoms in total. The van der Waals surface area contributed by atoms with Crippen LogP contribution in [0.1, 0.15) is 38.5 Å². The Hall–Kier alpha value is -1.61. The molecule has 2 saturated carbocycles. The van der Waals surface area contributed by atoms with Crippen molar-refractivity contribution in [2.45, 2.75) is 38.5 Å². The lowest BCUT2D eigenvalue weighted by molar-refractivity contribution is -0.114. The molecule has 0 amide bonds. The van der Waals surface area contributed by atoms with E-state index in [0.29, 0.717) is 6.42 Å². The summed E-state index contributed by atoms with van der Waals surface area (Å²) in [4.78, 5) is 11.4. The van der Waals surface area contributed by atoms with Crippen LogP contribution in [-0.2, 0) is 4.79 Å². The SMILES string of the molecule is N#CC1(C#N)C2CCCCC21C1=CC(=O)CC1. The predicted octanol–water partition coefficient (Wildman–Crippen LogP) is 2.50. The zero-order valence-corrected chi connectivity index (χ0v) is 9.70. The maximum Gasteiger partial charge on any atom is 0.157 e. The van der Waals surface area contributed by atoms with Gasteiger partial charge in [-0.3, -0.25) is 4.79 Å². The Labute approximate surface area is 101 Å². The molecule has 3 heteroatoms. The van der Waals surface area contributed by atoms with Gasteiger partial charge < -0.3 is 0 Å². The topological polar surface area (TPSA) is 64.7 Å². The molecule has 0 radical (unpaired) electrons. The maximum atomic E-state index is 11.4. The Bertz CT molecular complexity index is 491. The number of ketones is 1.